The van der Waals surface area contributed by atoms with Gasteiger partial charge in [-0.1, -0.05) is 23.5 Å². The SMILES string of the molecule is CC(=O)c1c[nH]c(C(=O)N/N=c2\sc3ccccc3n2C)c1. The molecule has 0 saturated carbocycles. The molecule has 1 aromatic carbocycles. The third kappa shape index (κ3) is 2.58. The average molecular weight is 314 g/mol. The summed E-state index contributed by atoms with van der Waals surface area (Å²) < 4.78 is 3.01. The number of para-hydroxylation sites is 1. The van der Waals surface area contributed by atoms with Crippen molar-refractivity contribution in [2.75, 3.05) is 0 Å². The van der Waals surface area contributed by atoms with Gasteiger partial charge >= 0.3 is 0 Å². The predicted molar refractivity (Wildman–Crippen MR) is 84.6 cm³/mol. The van der Waals surface area contributed by atoms with E-state index in [2.05, 4.69) is 15.5 Å². The van der Waals surface area contributed by atoms with Gasteiger partial charge in [0, 0.05) is 18.8 Å². The van der Waals surface area contributed by atoms with Crippen LogP contribution in [0.1, 0.15) is 27.8 Å². The highest BCUT2D eigenvalue weighted by Gasteiger charge is 2.10. The predicted octanol–water partition coefficient (Wildman–Crippen LogP) is 2.02. The molecule has 0 fully saturated rings. The first-order chi connectivity index (χ1) is 10.6. The molecule has 0 atom stereocenters. The summed E-state index contributed by atoms with van der Waals surface area (Å²) in [7, 11) is 1.90. The minimum atomic E-state index is -0.384. The van der Waals surface area contributed by atoms with Gasteiger partial charge in [-0.3, -0.25) is 9.59 Å². The lowest BCUT2D eigenvalue weighted by Crippen LogP contribution is -2.23. The fourth-order valence-electron chi connectivity index (χ4n) is 2.08. The third-order valence-electron chi connectivity index (χ3n) is 3.30. The molecule has 3 rings (SSSR count). The summed E-state index contributed by atoms with van der Waals surface area (Å²) in [5.74, 6) is -0.479. The van der Waals surface area contributed by atoms with Crippen LogP contribution in [-0.2, 0) is 7.05 Å². The number of rotatable bonds is 3. The van der Waals surface area contributed by atoms with Crippen LogP contribution in [0.25, 0.3) is 10.2 Å². The van der Waals surface area contributed by atoms with Crippen molar-refractivity contribution in [3.63, 3.8) is 0 Å². The Morgan fingerprint density at radius 2 is 2.09 bits per heavy atom. The van der Waals surface area contributed by atoms with E-state index in [9.17, 15) is 9.59 Å². The summed E-state index contributed by atoms with van der Waals surface area (Å²) in [4.78, 5) is 26.7. The van der Waals surface area contributed by atoms with Gasteiger partial charge in [0.25, 0.3) is 5.91 Å². The molecule has 22 heavy (non-hydrogen) atoms. The van der Waals surface area contributed by atoms with Gasteiger partial charge in [0.05, 0.1) is 10.2 Å². The maximum atomic E-state index is 12.0. The van der Waals surface area contributed by atoms with Crippen LogP contribution in [0.4, 0.5) is 0 Å². The smallest absolute Gasteiger partial charge is 0.287 e. The number of aryl methyl sites for hydroxylation is 1. The van der Waals surface area contributed by atoms with Crippen LogP contribution in [0.15, 0.2) is 41.6 Å². The molecular formula is C15H14N4O2S. The summed E-state index contributed by atoms with van der Waals surface area (Å²) in [6.45, 7) is 1.45. The van der Waals surface area contributed by atoms with Gasteiger partial charge in [0.15, 0.2) is 5.78 Å². The van der Waals surface area contributed by atoms with Crippen LogP contribution in [0, 0.1) is 0 Å². The summed E-state index contributed by atoms with van der Waals surface area (Å²) in [6.07, 6.45) is 1.51. The second-order valence-corrected chi connectivity index (χ2v) is 5.83. The largest absolute Gasteiger partial charge is 0.356 e. The van der Waals surface area contributed by atoms with Crippen molar-refractivity contribution in [2.45, 2.75) is 6.92 Å². The van der Waals surface area contributed by atoms with E-state index < -0.39 is 0 Å². The zero-order chi connectivity index (χ0) is 15.7. The molecule has 0 saturated heterocycles. The highest BCUT2D eigenvalue weighted by Crippen LogP contribution is 2.14. The normalized spacial score (nSPS) is 11.8. The average Bonchev–Trinajstić information content (AvgIpc) is 3.11. The Kier molecular flexibility index (Phi) is 3.64. The zero-order valence-electron chi connectivity index (χ0n) is 12.1. The maximum Gasteiger partial charge on any atom is 0.287 e. The lowest BCUT2D eigenvalue weighted by Gasteiger charge is -1.96. The van der Waals surface area contributed by atoms with E-state index in [4.69, 9.17) is 0 Å². The highest BCUT2D eigenvalue weighted by atomic mass is 32.1. The molecule has 0 radical (unpaired) electrons. The molecule has 3 aromatic rings. The summed E-state index contributed by atoms with van der Waals surface area (Å²) >= 11 is 1.49. The van der Waals surface area contributed by atoms with E-state index in [0.717, 1.165) is 10.2 Å². The van der Waals surface area contributed by atoms with Crippen LogP contribution < -0.4 is 10.2 Å². The number of ketones is 1. The molecule has 2 aromatic heterocycles. The quantitative estimate of drug-likeness (QED) is 0.573. The zero-order valence-corrected chi connectivity index (χ0v) is 12.9. The van der Waals surface area contributed by atoms with Crippen molar-refractivity contribution < 1.29 is 9.59 Å². The molecule has 2 N–H and O–H groups in total. The molecule has 6 nitrogen and oxygen atoms in total. The van der Waals surface area contributed by atoms with Gasteiger partial charge in [-0.05, 0) is 25.1 Å². The van der Waals surface area contributed by atoms with E-state index in [1.807, 2.05) is 35.9 Å². The molecule has 0 aliphatic rings. The van der Waals surface area contributed by atoms with Crippen molar-refractivity contribution in [1.82, 2.24) is 15.0 Å². The number of aromatic nitrogens is 2. The van der Waals surface area contributed by atoms with Crippen molar-refractivity contribution in [2.24, 2.45) is 12.1 Å². The highest BCUT2D eigenvalue weighted by molar-refractivity contribution is 7.16. The van der Waals surface area contributed by atoms with Crippen LogP contribution >= 0.6 is 11.3 Å². The number of amides is 1. The van der Waals surface area contributed by atoms with Gasteiger partial charge in [-0.15, -0.1) is 5.10 Å². The first-order valence-corrected chi connectivity index (χ1v) is 7.46. The molecule has 1 amide bonds. The second kappa shape index (κ2) is 5.61. The number of fused-ring (bicyclic) bond motifs is 1. The Bertz CT molecular complexity index is 932. The van der Waals surface area contributed by atoms with Crippen molar-refractivity contribution in [3.05, 3.63) is 52.6 Å². The summed E-state index contributed by atoms with van der Waals surface area (Å²) in [6, 6.07) is 9.43. The summed E-state index contributed by atoms with van der Waals surface area (Å²) in [5, 5.41) is 4.15. The van der Waals surface area contributed by atoms with E-state index in [1.165, 1.54) is 30.5 Å². The van der Waals surface area contributed by atoms with E-state index >= 15 is 0 Å². The van der Waals surface area contributed by atoms with Gasteiger partial charge in [-0.25, -0.2) is 5.43 Å². The molecule has 0 aliphatic carbocycles. The number of carbonyl (C=O) groups excluding carboxylic acids is 2. The minimum Gasteiger partial charge on any atom is -0.356 e. The standard InChI is InChI=1S/C15H14N4O2S/c1-9(20)10-7-11(16-8-10)14(21)17-18-15-19(2)12-5-3-4-6-13(12)22-15/h3-8,16H,1-2H3,(H,17,21)/b18-15-. The first kappa shape index (κ1) is 14.3. The third-order valence-corrected chi connectivity index (χ3v) is 4.41. The maximum absolute atomic E-state index is 12.0. The van der Waals surface area contributed by atoms with E-state index in [1.54, 1.807) is 0 Å². The van der Waals surface area contributed by atoms with Crippen LogP contribution in [0.3, 0.4) is 0 Å². The number of benzene rings is 1. The van der Waals surface area contributed by atoms with Crippen LogP contribution in [-0.4, -0.2) is 21.2 Å². The van der Waals surface area contributed by atoms with Gasteiger partial charge in [-0.2, -0.15) is 0 Å². The fraction of sp³-hybridized carbons (Fsp3) is 0.133. The molecule has 0 spiro atoms. The molecule has 2 heterocycles. The molecule has 0 aliphatic heterocycles. The van der Waals surface area contributed by atoms with Gasteiger partial charge in [0.2, 0.25) is 4.80 Å². The van der Waals surface area contributed by atoms with Crippen molar-refractivity contribution >= 4 is 33.2 Å². The van der Waals surface area contributed by atoms with Crippen molar-refractivity contribution in [1.29, 1.82) is 0 Å². The number of nitrogens with zero attached hydrogens (tertiary/aromatic N) is 2. The number of hydrogen-bond acceptors (Lipinski definition) is 4. The van der Waals surface area contributed by atoms with Gasteiger partial charge in [0.1, 0.15) is 5.69 Å². The molecule has 0 unspecified atom stereocenters. The number of hydrogen-bond donors (Lipinski definition) is 2. The molecule has 0 bridgehead atoms. The monoisotopic (exact) mass is 314 g/mol. The van der Waals surface area contributed by atoms with E-state index in [-0.39, 0.29) is 11.7 Å². The second-order valence-electron chi connectivity index (χ2n) is 4.82. The Hall–Kier alpha value is -2.67. The molecule has 7 heteroatoms. The summed E-state index contributed by atoms with van der Waals surface area (Å²) in [5.41, 5.74) is 4.33. The fourth-order valence-corrected chi connectivity index (χ4v) is 3.06. The number of thiazole rings is 1. The van der Waals surface area contributed by atoms with Gasteiger partial charge < -0.3 is 9.55 Å². The molecular weight excluding hydrogens is 300 g/mol. The lowest BCUT2D eigenvalue weighted by atomic mass is 10.2. The van der Waals surface area contributed by atoms with Crippen molar-refractivity contribution in [3.8, 4) is 0 Å². The lowest BCUT2D eigenvalue weighted by molar-refractivity contribution is 0.0948. The Morgan fingerprint density at radius 1 is 1.32 bits per heavy atom. The topological polar surface area (TPSA) is 79.2 Å². The first-order valence-electron chi connectivity index (χ1n) is 6.64. The van der Waals surface area contributed by atoms with Crippen LogP contribution in [0.5, 0.6) is 0 Å². The van der Waals surface area contributed by atoms with E-state index in [0.29, 0.717) is 16.1 Å². The molecule has 112 valence electrons. The minimum absolute atomic E-state index is 0.0943. The number of H-pyrrole nitrogens is 1. The number of carbonyl (C=O) groups is 2. The Morgan fingerprint density at radius 3 is 2.77 bits per heavy atom. The Balaban J connectivity index is 1.87. The van der Waals surface area contributed by atoms with Crippen LogP contribution in [0.2, 0.25) is 0 Å². The number of Topliss-reactive ketones (excluding diaryl/α,β-unsaturated/α-hetero) is 1. The number of aromatic amines is 1. The Labute approximate surface area is 130 Å². The number of nitrogens with one attached hydrogen (secondary N) is 2.